The van der Waals surface area contributed by atoms with Crippen LogP contribution in [0.25, 0.3) is 0 Å². The van der Waals surface area contributed by atoms with Crippen LogP contribution in [-0.4, -0.2) is 38.1 Å². The molecular formula is C12H24N2O3. The van der Waals surface area contributed by atoms with Gasteiger partial charge >= 0.3 is 5.97 Å². The van der Waals surface area contributed by atoms with E-state index < -0.39 is 0 Å². The molecule has 0 bridgehead atoms. The molecule has 0 saturated heterocycles. The summed E-state index contributed by atoms with van der Waals surface area (Å²) >= 11 is 0. The molecule has 0 aliphatic carbocycles. The van der Waals surface area contributed by atoms with E-state index in [2.05, 4.69) is 22.3 Å². The zero-order valence-corrected chi connectivity index (χ0v) is 11.0. The Kier molecular flexibility index (Phi) is 9.43. The first-order valence-electron chi connectivity index (χ1n) is 6.23. The van der Waals surface area contributed by atoms with Crippen molar-refractivity contribution < 1.29 is 14.3 Å². The SMILES string of the molecule is CCCCC(NCC(=O)NCCC)C(=O)OC. The van der Waals surface area contributed by atoms with E-state index in [4.69, 9.17) is 0 Å². The lowest BCUT2D eigenvalue weighted by Crippen LogP contribution is -2.43. The van der Waals surface area contributed by atoms with Crippen molar-refractivity contribution in [3.05, 3.63) is 0 Å². The predicted octanol–water partition coefficient (Wildman–Crippen LogP) is 0.834. The van der Waals surface area contributed by atoms with E-state index in [0.717, 1.165) is 19.3 Å². The normalized spacial score (nSPS) is 11.9. The summed E-state index contributed by atoms with van der Waals surface area (Å²) in [6.45, 7) is 4.87. The van der Waals surface area contributed by atoms with Gasteiger partial charge < -0.3 is 10.1 Å². The van der Waals surface area contributed by atoms with Crippen LogP contribution in [0.3, 0.4) is 0 Å². The molecule has 1 atom stereocenters. The molecule has 0 saturated carbocycles. The molecule has 17 heavy (non-hydrogen) atoms. The third kappa shape index (κ3) is 7.74. The minimum atomic E-state index is -0.382. The van der Waals surface area contributed by atoms with E-state index in [9.17, 15) is 9.59 Å². The molecular weight excluding hydrogens is 220 g/mol. The fraction of sp³-hybridized carbons (Fsp3) is 0.833. The number of methoxy groups -OCH3 is 1. The third-order valence-electron chi connectivity index (χ3n) is 2.41. The molecule has 0 aliphatic rings. The Labute approximate surface area is 103 Å². The monoisotopic (exact) mass is 244 g/mol. The zero-order chi connectivity index (χ0) is 13.1. The lowest BCUT2D eigenvalue weighted by molar-refractivity contribution is -0.143. The van der Waals surface area contributed by atoms with E-state index in [1.807, 2.05) is 6.92 Å². The topological polar surface area (TPSA) is 67.4 Å². The van der Waals surface area contributed by atoms with E-state index in [1.54, 1.807) is 0 Å². The Morgan fingerprint density at radius 3 is 2.47 bits per heavy atom. The number of carbonyl (C=O) groups is 2. The number of nitrogens with one attached hydrogen (secondary N) is 2. The Bertz CT molecular complexity index is 232. The Morgan fingerprint density at radius 1 is 1.24 bits per heavy atom. The highest BCUT2D eigenvalue weighted by Gasteiger charge is 2.18. The highest BCUT2D eigenvalue weighted by Crippen LogP contribution is 2.02. The molecule has 1 unspecified atom stereocenters. The highest BCUT2D eigenvalue weighted by molar-refractivity contribution is 5.80. The van der Waals surface area contributed by atoms with Crippen LogP contribution in [0, 0.1) is 0 Å². The quantitative estimate of drug-likeness (QED) is 0.590. The smallest absolute Gasteiger partial charge is 0.322 e. The summed E-state index contributed by atoms with van der Waals surface area (Å²) in [5, 5.41) is 5.67. The Balaban J connectivity index is 3.97. The van der Waals surface area contributed by atoms with Gasteiger partial charge in [0.2, 0.25) is 5.91 Å². The summed E-state index contributed by atoms with van der Waals surface area (Å²) in [5.41, 5.74) is 0. The van der Waals surface area contributed by atoms with Gasteiger partial charge in [0.1, 0.15) is 6.04 Å². The highest BCUT2D eigenvalue weighted by atomic mass is 16.5. The number of unbranched alkanes of at least 4 members (excludes halogenated alkanes) is 1. The van der Waals surface area contributed by atoms with Crippen molar-refractivity contribution >= 4 is 11.9 Å². The van der Waals surface area contributed by atoms with Crippen molar-refractivity contribution in [2.75, 3.05) is 20.2 Å². The van der Waals surface area contributed by atoms with Crippen LogP contribution < -0.4 is 10.6 Å². The first-order valence-corrected chi connectivity index (χ1v) is 6.23. The molecule has 0 aromatic heterocycles. The van der Waals surface area contributed by atoms with Crippen LogP contribution >= 0.6 is 0 Å². The van der Waals surface area contributed by atoms with Crippen molar-refractivity contribution in [2.24, 2.45) is 0 Å². The maximum Gasteiger partial charge on any atom is 0.322 e. The molecule has 0 aromatic rings. The summed E-state index contributed by atoms with van der Waals surface area (Å²) in [7, 11) is 1.36. The van der Waals surface area contributed by atoms with Crippen molar-refractivity contribution in [1.82, 2.24) is 10.6 Å². The summed E-state index contributed by atoms with van der Waals surface area (Å²) in [4.78, 5) is 22.8. The van der Waals surface area contributed by atoms with E-state index in [1.165, 1.54) is 7.11 Å². The minimum Gasteiger partial charge on any atom is -0.468 e. The summed E-state index contributed by atoms with van der Waals surface area (Å²) in [6, 6.07) is -0.382. The molecule has 0 aliphatic heterocycles. The first-order chi connectivity index (χ1) is 8.15. The van der Waals surface area contributed by atoms with Gasteiger partial charge in [-0.25, -0.2) is 0 Å². The second kappa shape index (κ2) is 10.1. The van der Waals surface area contributed by atoms with Gasteiger partial charge in [0.05, 0.1) is 13.7 Å². The lowest BCUT2D eigenvalue weighted by Gasteiger charge is -2.15. The number of hydrogen-bond acceptors (Lipinski definition) is 4. The molecule has 5 nitrogen and oxygen atoms in total. The number of esters is 1. The van der Waals surface area contributed by atoms with Gasteiger partial charge in [-0.05, 0) is 12.8 Å². The van der Waals surface area contributed by atoms with Crippen molar-refractivity contribution in [2.45, 2.75) is 45.6 Å². The molecule has 0 fully saturated rings. The van der Waals surface area contributed by atoms with Crippen molar-refractivity contribution in [3.8, 4) is 0 Å². The van der Waals surface area contributed by atoms with Crippen LogP contribution in [0.2, 0.25) is 0 Å². The zero-order valence-electron chi connectivity index (χ0n) is 11.0. The van der Waals surface area contributed by atoms with E-state index in [0.29, 0.717) is 13.0 Å². The molecule has 0 aromatic carbocycles. The average molecular weight is 244 g/mol. The average Bonchev–Trinajstić information content (AvgIpc) is 2.35. The van der Waals surface area contributed by atoms with E-state index >= 15 is 0 Å². The standard InChI is InChI=1S/C12H24N2O3/c1-4-6-7-10(12(16)17-3)14-9-11(15)13-8-5-2/h10,14H,4-9H2,1-3H3,(H,13,15). The van der Waals surface area contributed by atoms with Crippen LogP contribution in [0.1, 0.15) is 39.5 Å². The number of rotatable bonds is 9. The Hall–Kier alpha value is -1.10. The molecule has 2 N–H and O–H groups in total. The fourth-order valence-corrected chi connectivity index (χ4v) is 1.40. The van der Waals surface area contributed by atoms with Crippen molar-refractivity contribution in [3.63, 3.8) is 0 Å². The molecule has 100 valence electrons. The van der Waals surface area contributed by atoms with Gasteiger partial charge in [-0.2, -0.15) is 0 Å². The second-order valence-corrected chi connectivity index (χ2v) is 3.95. The molecule has 0 rings (SSSR count). The first kappa shape index (κ1) is 15.9. The minimum absolute atomic E-state index is 0.0859. The van der Waals surface area contributed by atoms with Crippen LogP contribution in [-0.2, 0) is 14.3 Å². The van der Waals surface area contributed by atoms with Crippen molar-refractivity contribution in [1.29, 1.82) is 0 Å². The molecule has 0 spiro atoms. The van der Waals surface area contributed by atoms with Gasteiger partial charge in [0, 0.05) is 6.54 Å². The van der Waals surface area contributed by atoms with Crippen LogP contribution in [0.5, 0.6) is 0 Å². The molecule has 0 heterocycles. The van der Waals surface area contributed by atoms with Gasteiger partial charge in [0.25, 0.3) is 0 Å². The molecule has 0 radical (unpaired) electrons. The van der Waals surface area contributed by atoms with Gasteiger partial charge in [0.15, 0.2) is 0 Å². The second-order valence-electron chi connectivity index (χ2n) is 3.95. The van der Waals surface area contributed by atoms with E-state index in [-0.39, 0.29) is 24.5 Å². The van der Waals surface area contributed by atoms with Gasteiger partial charge in [-0.3, -0.25) is 14.9 Å². The summed E-state index contributed by atoms with van der Waals surface area (Å²) < 4.78 is 4.69. The largest absolute Gasteiger partial charge is 0.468 e. The maximum absolute atomic E-state index is 11.4. The van der Waals surface area contributed by atoms with Crippen LogP contribution in [0.4, 0.5) is 0 Å². The van der Waals surface area contributed by atoms with Gasteiger partial charge in [-0.1, -0.05) is 26.7 Å². The number of amides is 1. The lowest BCUT2D eigenvalue weighted by atomic mass is 10.1. The number of hydrogen-bond donors (Lipinski definition) is 2. The van der Waals surface area contributed by atoms with Crippen LogP contribution in [0.15, 0.2) is 0 Å². The number of carbonyl (C=O) groups excluding carboxylic acids is 2. The predicted molar refractivity (Wildman–Crippen MR) is 66.6 cm³/mol. The maximum atomic E-state index is 11.4. The fourth-order valence-electron chi connectivity index (χ4n) is 1.40. The summed E-state index contributed by atoms with van der Waals surface area (Å²) in [6.07, 6.45) is 3.55. The Morgan fingerprint density at radius 2 is 1.94 bits per heavy atom. The summed E-state index contributed by atoms with van der Waals surface area (Å²) in [5.74, 6) is -0.390. The van der Waals surface area contributed by atoms with Gasteiger partial charge in [-0.15, -0.1) is 0 Å². The third-order valence-corrected chi connectivity index (χ3v) is 2.41. The molecule has 1 amide bonds. The molecule has 5 heteroatoms. The number of ether oxygens (including phenoxy) is 1.